The number of nitrogens with zero attached hydrogens (tertiary/aromatic N) is 2. The summed E-state index contributed by atoms with van der Waals surface area (Å²) in [5.41, 5.74) is 1.01. The van der Waals surface area contributed by atoms with E-state index in [1.807, 2.05) is 63.2 Å². The van der Waals surface area contributed by atoms with E-state index in [1.54, 1.807) is 46.6 Å². The molecule has 7 heteroatoms. The summed E-state index contributed by atoms with van der Waals surface area (Å²) in [6.45, 7) is 6.91. The highest BCUT2D eigenvalue weighted by Crippen LogP contribution is 2.21. The van der Waals surface area contributed by atoms with Crippen LogP contribution in [-0.4, -0.2) is 36.6 Å². The van der Waals surface area contributed by atoms with Crippen molar-refractivity contribution in [2.45, 2.75) is 38.8 Å². The van der Waals surface area contributed by atoms with Crippen molar-refractivity contribution in [1.29, 1.82) is 0 Å². The van der Waals surface area contributed by atoms with E-state index in [0.717, 1.165) is 10.4 Å². The third kappa shape index (κ3) is 6.51. The van der Waals surface area contributed by atoms with Crippen molar-refractivity contribution in [3.05, 3.63) is 88.1 Å². The third-order valence-corrected chi connectivity index (χ3v) is 7.78. The summed E-state index contributed by atoms with van der Waals surface area (Å²) in [6.07, 6.45) is 0. The van der Waals surface area contributed by atoms with E-state index in [4.69, 9.17) is 0 Å². The molecule has 1 amide bonds. The largest absolute Gasteiger partial charge is 0.332 e. The molecule has 0 saturated heterocycles. The van der Waals surface area contributed by atoms with E-state index >= 15 is 0 Å². The van der Waals surface area contributed by atoms with Crippen LogP contribution in [-0.2, 0) is 27.9 Å². The van der Waals surface area contributed by atoms with Gasteiger partial charge in [-0.15, -0.1) is 11.3 Å². The molecule has 170 valence electrons. The molecular formula is C25H30N2O3S2. The van der Waals surface area contributed by atoms with Gasteiger partial charge in [-0.2, -0.15) is 4.31 Å². The second kappa shape index (κ2) is 10.9. The first-order chi connectivity index (χ1) is 15.3. The van der Waals surface area contributed by atoms with Crippen LogP contribution in [0.2, 0.25) is 0 Å². The minimum atomic E-state index is -3.78. The van der Waals surface area contributed by atoms with Crippen molar-refractivity contribution in [1.82, 2.24) is 9.21 Å². The number of hydrogen-bond acceptors (Lipinski definition) is 4. The number of amides is 1. The summed E-state index contributed by atoms with van der Waals surface area (Å²) >= 11 is 1.65. The van der Waals surface area contributed by atoms with Gasteiger partial charge in [-0.05, 0) is 42.7 Å². The molecule has 0 aliphatic carbocycles. The molecule has 3 aromatic rings. The maximum Gasteiger partial charge on any atom is 0.243 e. The normalized spacial score (nSPS) is 11.8. The number of thiophene rings is 1. The van der Waals surface area contributed by atoms with Crippen molar-refractivity contribution in [3.8, 4) is 0 Å². The molecule has 0 aliphatic heterocycles. The molecule has 0 aliphatic rings. The number of rotatable bonds is 10. The van der Waals surface area contributed by atoms with Gasteiger partial charge in [0, 0.05) is 22.8 Å². The highest BCUT2D eigenvalue weighted by Gasteiger charge is 2.29. The summed E-state index contributed by atoms with van der Waals surface area (Å²) in [5, 5.41) is 0. The highest BCUT2D eigenvalue weighted by atomic mass is 32.2. The second-order valence-corrected chi connectivity index (χ2v) is 11.6. The first-order valence-electron chi connectivity index (χ1n) is 10.7. The molecule has 0 atom stereocenters. The van der Waals surface area contributed by atoms with Gasteiger partial charge in [0.15, 0.2) is 0 Å². The molecule has 1 heterocycles. The molecule has 0 saturated carbocycles. The average Bonchev–Trinajstić information content (AvgIpc) is 3.18. The van der Waals surface area contributed by atoms with Crippen LogP contribution in [0.1, 0.15) is 29.2 Å². The quantitative estimate of drug-likeness (QED) is 0.422. The molecule has 3 rings (SSSR count). The van der Waals surface area contributed by atoms with Gasteiger partial charge in [0.05, 0.1) is 18.0 Å². The van der Waals surface area contributed by atoms with E-state index in [1.165, 1.54) is 9.18 Å². The lowest BCUT2D eigenvalue weighted by Crippen LogP contribution is -2.43. The highest BCUT2D eigenvalue weighted by molar-refractivity contribution is 7.89. The molecule has 1 aromatic heterocycles. The van der Waals surface area contributed by atoms with Crippen LogP contribution in [0.3, 0.4) is 0 Å². The Bertz CT molecular complexity index is 1110. The van der Waals surface area contributed by atoms with Crippen molar-refractivity contribution in [2.75, 3.05) is 13.1 Å². The van der Waals surface area contributed by atoms with E-state index in [-0.39, 0.29) is 29.8 Å². The zero-order valence-corrected chi connectivity index (χ0v) is 20.4. The van der Waals surface area contributed by atoms with Crippen molar-refractivity contribution in [3.63, 3.8) is 0 Å². The van der Waals surface area contributed by atoms with Crippen LogP contribution in [0.5, 0.6) is 0 Å². The van der Waals surface area contributed by atoms with Gasteiger partial charge in [-0.25, -0.2) is 8.42 Å². The number of carbonyl (C=O) groups is 1. The van der Waals surface area contributed by atoms with Crippen LogP contribution in [0, 0.1) is 12.8 Å². The Morgan fingerprint density at radius 1 is 0.906 bits per heavy atom. The van der Waals surface area contributed by atoms with Crippen LogP contribution in [0.4, 0.5) is 0 Å². The summed E-state index contributed by atoms with van der Waals surface area (Å²) in [5.74, 6) is -0.121. The minimum absolute atomic E-state index is 0.0869. The monoisotopic (exact) mass is 470 g/mol. The predicted octanol–water partition coefficient (Wildman–Crippen LogP) is 4.93. The molecule has 0 bridgehead atoms. The average molecular weight is 471 g/mol. The Kier molecular flexibility index (Phi) is 8.23. The van der Waals surface area contributed by atoms with E-state index in [0.29, 0.717) is 13.1 Å². The lowest BCUT2D eigenvalue weighted by atomic mass is 10.2. The summed E-state index contributed by atoms with van der Waals surface area (Å²) in [4.78, 5) is 17.7. The molecule has 0 N–H and O–H groups in total. The topological polar surface area (TPSA) is 57.7 Å². The van der Waals surface area contributed by atoms with Crippen LogP contribution in [0.15, 0.2) is 77.7 Å². The zero-order chi connectivity index (χ0) is 23.1. The molecular weight excluding hydrogens is 440 g/mol. The van der Waals surface area contributed by atoms with Gasteiger partial charge in [0.2, 0.25) is 15.9 Å². The molecule has 0 unspecified atom stereocenters. The zero-order valence-electron chi connectivity index (χ0n) is 18.8. The molecule has 2 aromatic carbocycles. The second-order valence-electron chi connectivity index (χ2n) is 8.25. The van der Waals surface area contributed by atoms with Gasteiger partial charge in [0.1, 0.15) is 0 Å². The number of hydrogen-bond donors (Lipinski definition) is 0. The van der Waals surface area contributed by atoms with Crippen LogP contribution >= 0.6 is 11.3 Å². The Labute approximate surface area is 195 Å². The van der Waals surface area contributed by atoms with Crippen LogP contribution in [0.25, 0.3) is 0 Å². The Balaban J connectivity index is 1.86. The fraction of sp³-hybridized carbons (Fsp3) is 0.320. The Morgan fingerprint density at radius 3 is 2.09 bits per heavy atom. The van der Waals surface area contributed by atoms with E-state index in [9.17, 15) is 13.2 Å². The standard InChI is InChI=1S/C25H30N2O3S2/c1-20(2)16-27(32(29,30)24-12-8-5-9-13-24)19-25(28)26(17-22-10-6-4-7-11-22)18-23-15-14-21(3)31-23/h4-15,20H,16-19H2,1-3H3. The number of benzene rings is 2. The van der Waals surface area contributed by atoms with Gasteiger partial charge >= 0.3 is 0 Å². The Hall–Kier alpha value is -2.48. The first-order valence-corrected chi connectivity index (χ1v) is 12.9. The van der Waals surface area contributed by atoms with Crippen LogP contribution < -0.4 is 0 Å². The molecule has 32 heavy (non-hydrogen) atoms. The van der Waals surface area contributed by atoms with Crippen molar-refractivity contribution < 1.29 is 13.2 Å². The molecule has 5 nitrogen and oxygen atoms in total. The fourth-order valence-corrected chi connectivity index (χ4v) is 5.92. The third-order valence-electron chi connectivity index (χ3n) is 4.97. The smallest absolute Gasteiger partial charge is 0.243 e. The summed E-state index contributed by atoms with van der Waals surface area (Å²) in [6, 6.07) is 22.2. The molecule has 0 radical (unpaired) electrons. The van der Waals surface area contributed by atoms with E-state index < -0.39 is 10.0 Å². The lowest BCUT2D eigenvalue weighted by Gasteiger charge is -2.28. The maximum atomic E-state index is 13.5. The predicted molar refractivity (Wildman–Crippen MR) is 130 cm³/mol. The Morgan fingerprint density at radius 2 is 1.53 bits per heavy atom. The number of sulfonamides is 1. The number of aryl methyl sites for hydroxylation is 1. The summed E-state index contributed by atoms with van der Waals surface area (Å²) < 4.78 is 27.9. The SMILES string of the molecule is Cc1ccc(CN(Cc2ccccc2)C(=O)CN(CC(C)C)S(=O)(=O)c2ccccc2)s1. The minimum Gasteiger partial charge on any atom is -0.332 e. The summed E-state index contributed by atoms with van der Waals surface area (Å²) in [7, 11) is -3.78. The molecule has 0 spiro atoms. The fourth-order valence-electron chi connectivity index (χ4n) is 3.44. The first kappa shape index (κ1) is 24.2. The van der Waals surface area contributed by atoms with Gasteiger partial charge in [0.25, 0.3) is 0 Å². The van der Waals surface area contributed by atoms with Crippen molar-refractivity contribution >= 4 is 27.3 Å². The number of carbonyl (C=O) groups excluding carboxylic acids is 1. The van der Waals surface area contributed by atoms with Gasteiger partial charge in [-0.1, -0.05) is 62.4 Å². The van der Waals surface area contributed by atoms with E-state index in [2.05, 4.69) is 0 Å². The van der Waals surface area contributed by atoms with Gasteiger partial charge in [-0.3, -0.25) is 4.79 Å². The van der Waals surface area contributed by atoms with Gasteiger partial charge < -0.3 is 4.90 Å². The maximum absolute atomic E-state index is 13.5. The lowest BCUT2D eigenvalue weighted by molar-refractivity contribution is -0.132. The van der Waals surface area contributed by atoms with Crippen molar-refractivity contribution in [2.24, 2.45) is 5.92 Å². The molecule has 0 fully saturated rings.